The first-order valence-electron chi connectivity index (χ1n) is 5.56. The predicted molar refractivity (Wildman–Crippen MR) is 73.9 cm³/mol. The van der Waals surface area contributed by atoms with E-state index in [2.05, 4.69) is 10.2 Å². The lowest BCUT2D eigenvalue weighted by Crippen LogP contribution is -2.02. The number of aromatic nitrogens is 3. The lowest BCUT2D eigenvalue weighted by molar-refractivity contribution is -0.133. The molecule has 2 aromatic rings. The smallest absolute Gasteiger partial charge is 0.313 e. The van der Waals surface area contributed by atoms with Crippen molar-refractivity contribution in [2.45, 2.75) is 18.6 Å². The third kappa shape index (κ3) is 3.07. The Morgan fingerprint density at radius 1 is 1.58 bits per heavy atom. The zero-order valence-electron chi connectivity index (χ0n) is 10.5. The first-order chi connectivity index (χ1) is 9.15. The molecule has 6 nitrogen and oxygen atoms in total. The van der Waals surface area contributed by atoms with Crippen molar-refractivity contribution < 1.29 is 14.6 Å². The van der Waals surface area contributed by atoms with E-state index in [4.69, 9.17) is 9.84 Å². The molecule has 0 aliphatic carbocycles. The molecule has 0 amide bonds. The molecule has 19 heavy (non-hydrogen) atoms. The van der Waals surface area contributed by atoms with Crippen LogP contribution in [0.3, 0.4) is 0 Å². The van der Waals surface area contributed by atoms with Crippen molar-refractivity contribution in [2.24, 2.45) is 0 Å². The summed E-state index contributed by atoms with van der Waals surface area (Å²) in [4.78, 5) is 11.6. The van der Waals surface area contributed by atoms with Gasteiger partial charge in [-0.2, -0.15) is 0 Å². The van der Waals surface area contributed by atoms with Gasteiger partial charge >= 0.3 is 5.97 Å². The highest BCUT2D eigenvalue weighted by atomic mass is 32.2. The fourth-order valence-corrected chi connectivity index (χ4v) is 3.10. The van der Waals surface area contributed by atoms with Gasteiger partial charge in [0.25, 0.3) is 0 Å². The van der Waals surface area contributed by atoms with E-state index >= 15 is 0 Å². The lowest BCUT2D eigenvalue weighted by Gasteiger charge is -2.04. The number of aliphatic carboxylic acids is 1. The SMILES string of the molecule is CCn1c(SCC(=O)O)nnc1-c1cc(OC)cs1. The maximum Gasteiger partial charge on any atom is 0.313 e. The van der Waals surface area contributed by atoms with Crippen molar-refractivity contribution in [3.05, 3.63) is 11.4 Å². The molecule has 102 valence electrons. The molecule has 0 saturated heterocycles. The van der Waals surface area contributed by atoms with Crippen LogP contribution in [0.2, 0.25) is 0 Å². The number of ether oxygens (including phenoxy) is 1. The molecule has 2 rings (SSSR count). The molecule has 0 aromatic carbocycles. The molecule has 2 heterocycles. The Bertz CT molecular complexity index is 580. The van der Waals surface area contributed by atoms with Crippen LogP contribution in [0.25, 0.3) is 10.7 Å². The van der Waals surface area contributed by atoms with Gasteiger partial charge in [-0.25, -0.2) is 0 Å². The summed E-state index contributed by atoms with van der Waals surface area (Å²) >= 11 is 2.69. The van der Waals surface area contributed by atoms with E-state index < -0.39 is 5.97 Å². The number of methoxy groups -OCH3 is 1. The van der Waals surface area contributed by atoms with Crippen LogP contribution in [0.5, 0.6) is 5.75 Å². The van der Waals surface area contributed by atoms with Crippen LogP contribution >= 0.6 is 23.1 Å². The fourth-order valence-electron chi connectivity index (χ4n) is 1.53. The number of thioether (sulfide) groups is 1. The molecule has 8 heteroatoms. The van der Waals surface area contributed by atoms with Crippen LogP contribution in [0, 0.1) is 0 Å². The van der Waals surface area contributed by atoms with E-state index in [-0.39, 0.29) is 5.75 Å². The maximum absolute atomic E-state index is 10.6. The lowest BCUT2D eigenvalue weighted by atomic mass is 10.4. The molecule has 0 radical (unpaired) electrons. The first kappa shape index (κ1) is 13.9. The molecular weight excluding hydrogens is 286 g/mol. The Morgan fingerprint density at radius 3 is 2.95 bits per heavy atom. The van der Waals surface area contributed by atoms with Gasteiger partial charge in [-0.1, -0.05) is 11.8 Å². The van der Waals surface area contributed by atoms with Gasteiger partial charge in [-0.05, 0) is 6.92 Å². The van der Waals surface area contributed by atoms with Gasteiger partial charge in [-0.3, -0.25) is 4.79 Å². The van der Waals surface area contributed by atoms with E-state index in [1.54, 1.807) is 7.11 Å². The Hall–Kier alpha value is -1.54. The van der Waals surface area contributed by atoms with Gasteiger partial charge in [0.2, 0.25) is 0 Å². The van der Waals surface area contributed by atoms with Crippen molar-refractivity contribution >= 4 is 29.1 Å². The molecule has 0 bridgehead atoms. The minimum Gasteiger partial charge on any atom is -0.496 e. The summed E-state index contributed by atoms with van der Waals surface area (Å²) in [5, 5.41) is 19.4. The molecule has 2 aromatic heterocycles. The summed E-state index contributed by atoms with van der Waals surface area (Å²) < 4.78 is 7.05. The normalized spacial score (nSPS) is 10.6. The van der Waals surface area contributed by atoms with E-state index in [9.17, 15) is 4.79 Å². The number of rotatable bonds is 6. The van der Waals surface area contributed by atoms with Gasteiger partial charge in [0, 0.05) is 18.0 Å². The van der Waals surface area contributed by atoms with Gasteiger partial charge in [0.05, 0.1) is 17.7 Å². The van der Waals surface area contributed by atoms with Crippen LogP contribution in [-0.2, 0) is 11.3 Å². The Balaban J connectivity index is 2.28. The second kappa shape index (κ2) is 6.07. The second-order valence-electron chi connectivity index (χ2n) is 3.58. The van der Waals surface area contributed by atoms with Gasteiger partial charge in [-0.15, -0.1) is 21.5 Å². The Morgan fingerprint density at radius 2 is 2.37 bits per heavy atom. The second-order valence-corrected chi connectivity index (χ2v) is 5.44. The number of hydrogen-bond donors (Lipinski definition) is 1. The van der Waals surface area contributed by atoms with Crippen LogP contribution in [-0.4, -0.2) is 38.7 Å². The highest BCUT2D eigenvalue weighted by Gasteiger charge is 2.15. The van der Waals surface area contributed by atoms with E-state index in [1.807, 2.05) is 22.9 Å². The number of thiophene rings is 1. The van der Waals surface area contributed by atoms with E-state index in [0.717, 1.165) is 16.5 Å². The average molecular weight is 299 g/mol. The minimum absolute atomic E-state index is 0.0219. The van der Waals surface area contributed by atoms with Crippen LogP contribution < -0.4 is 4.74 Å². The average Bonchev–Trinajstić information content (AvgIpc) is 3.01. The van der Waals surface area contributed by atoms with E-state index in [0.29, 0.717) is 11.7 Å². The first-order valence-corrected chi connectivity index (χ1v) is 7.43. The quantitative estimate of drug-likeness (QED) is 0.824. The molecule has 1 N–H and O–H groups in total. The number of hydrogen-bond acceptors (Lipinski definition) is 6. The van der Waals surface area contributed by atoms with Crippen LogP contribution in [0.1, 0.15) is 6.92 Å². The summed E-state index contributed by atoms with van der Waals surface area (Å²) in [6, 6.07) is 1.90. The summed E-state index contributed by atoms with van der Waals surface area (Å²) in [7, 11) is 1.62. The van der Waals surface area contributed by atoms with Crippen molar-refractivity contribution in [1.29, 1.82) is 0 Å². The van der Waals surface area contributed by atoms with Crippen LogP contribution in [0.15, 0.2) is 16.6 Å². The third-order valence-electron chi connectivity index (χ3n) is 2.39. The Labute approximate surface area is 118 Å². The van der Waals surface area contributed by atoms with Gasteiger partial charge in [0.15, 0.2) is 11.0 Å². The molecule has 0 fully saturated rings. The van der Waals surface area contributed by atoms with Gasteiger partial charge < -0.3 is 14.4 Å². The van der Waals surface area contributed by atoms with E-state index in [1.165, 1.54) is 23.1 Å². The Kier molecular flexibility index (Phi) is 4.43. The highest BCUT2D eigenvalue weighted by Crippen LogP contribution is 2.31. The number of carboxylic acid groups (broad SMARTS) is 1. The van der Waals surface area contributed by atoms with Crippen molar-refractivity contribution in [1.82, 2.24) is 14.8 Å². The summed E-state index contributed by atoms with van der Waals surface area (Å²) in [5.41, 5.74) is 0. The van der Waals surface area contributed by atoms with Crippen molar-refractivity contribution in [2.75, 3.05) is 12.9 Å². The molecular formula is C11H13N3O3S2. The number of carboxylic acids is 1. The molecule has 0 saturated carbocycles. The highest BCUT2D eigenvalue weighted by molar-refractivity contribution is 7.99. The molecule has 0 unspecified atom stereocenters. The number of nitrogens with zero attached hydrogens (tertiary/aromatic N) is 3. The molecule has 0 spiro atoms. The zero-order valence-corrected chi connectivity index (χ0v) is 12.1. The third-order valence-corrected chi connectivity index (χ3v) is 4.25. The van der Waals surface area contributed by atoms with Gasteiger partial charge in [0.1, 0.15) is 5.75 Å². The summed E-state index contributed by atoms with van der Waals surface area (Å²) in [5.74, 6) is 0.635. The summed E-state index contributed by atoms with van der Waals surface area (Å²) in [6.45, 7) is 2.66. The minimum atomic E-state index is -0.866. The van der Waals surface area contributed by atoms with Crippen molar-refractivity contribution in [3.63, 3.8) is 0 Å². The zero-order chi connectivity index (χ0) is 13.8. The molecule has 0 atom stereocenters. The largest absolute Gasteiger partial charge is 0.496 e. The molecule has 0 aliphatic rings. The standard InChI is InChI=1S/C11H13N3O3S2/c1-3-14-10(8-4-7(17-2)5-18-8)12-13-11(14)19-6-9(15)16/h4-5H,3,6H2,1-2H3,(H,15,16). The van der Waals surface area contributed by atoms with Crippen molar-refractivity contribution in [3.8, 4) is 16.5 Å². The van der Waals surface area contributed by atoms with Crippen LogP contribution in [0.4, 0.5) is 0 Å². The topological polar surface area (TPSA) is 77.2 Å². The predicted octanol–water partition coefficient (Wildman–Crippen LogP) is 2.21. The summed E-state index contributed by atoms with van der Waals surface area (Å²) in [6.07, 6.45) is 0. The fraction of sp³-hybridized carbons (Fsp3) is 0.364. The molecule has 0 aliphatic heterocycles. The maximum atomic E-state index is 10.6. The monoisotopic (exact) mass is 299 g/mol. The number of carbonyl (C=O) groups is 1.